The normalized spacial score (nSPS) is 14.3. The molecule has 0 bridgehead atoms. The number of pyridine rings is 1. The fourth-order valence-electron chi connectivity index (χ4n) is 2.96. The van der Waals surface area contributed by atoms with E-state index in [0.29, 0.717) is 12.2 Å². The number of hydrogen-bond acceptors (Lipinski definition) is 4. The number of cyclic esters (lactones) is 1. The molecule has 4 heteroatoms. The second-order valence-corrected chi connectivity index (χ2v) is 7.70. The van der Waals surface area contributed by atoms with Gasteiger partial charge in [0, 0.05) is 30.6 Å². The van der Waals surface area contributed by atoms with Crippen LogP contribution in [0, 0.1) is 0 Å². The lowest BCUT2D eigenvalue weighted by molar-refractivity contribution is 0.0480. The number of hydrogen-bond donors (Lipinski definition) is 0. The zero-order valence-corrected chi connectivity index (χ0v) is 15.9. The van der Waals surface area contributed by atoms with E-state index in [1.807, 2.05) is 0 Å². The Morgan fingerprint density at radius 1 is 1.17 bits per heavy atom. The molecular weight excluding hydrogens is 300 g/mol. The Morgan fingerprint density at radius 2 is 1.79 bits per heavy atom. The Labute approximate surface area is 146 Å². The number of anilines is 1. The number of carbonyl (C=O) groups excluding carboxylic acids is 1. The summed E-state index contributed by atoms with van der Waals surface area (Å²) < 4.78 is 5.32. The number of rotatable bonds is 7. The van der Waals surface area contributed by atoms with Gasteiger partial charge >= 0.3 is 5.97 Å². The second-order valence-electron chi connectivity index (χ2n) is 7.70. The SMILES string of the molecule is CCCCN(CCCC)c1nc(C(C)(C)C)cc2c1C(=O)OCC2. The van der Waals surface area contributed by atoms with Gasteiger partial charge in [0.25, 0.3) is 0 Å². The van der Waals surface area contributed by atoms with Crippen LogP contribution in [0.1, 0.15) is 81.9 Å². The van der Waals surface area contributed by atoms with Crippen molar-refractivity contribution in [3.63, 3.8) is 0 Å². The third-order valence-electron chi connectivity index (χ3n) is 4.52. The molecule has 0 atom stereocenters. The molecule has 0 saturated carbocycles. The van der Waals surface area contributed by atoms with Crippen molar-refractivity contribution < 1.29 is 9.53 Å². The van der Waals surface area contributed by atoms with Crippen LogP contribution in [-0.2, 0) is 16.6 Å². The summed E-state index contributed by atoms with van der Waals surface area (Å²) in [5.74, 6) is 0.626. The molecule has 0 radical (unpaired) electrons. The Morgan fingerprint density at radius 3 is 2.33 bits per heavy atom. The van der Waals surface area contributed by atoms with Crippen molar-refractivity contribution in [2.75, 3.05) is 24.6 Å². The van der Waals surface area contributed by atoms with Gasteiger partial charge in [-0.1, -0.05) is 47.5 Å². The van der Waals surface area contributed by atoms with Crippen LogP contribution in [0.5, 0.6) is 0 Å². The molecule has 0 aromatic carbocycles. The highest BCUT2D eigenvalue weighted by atomic mass is 16.5. The first-order valence-electron chi connectivity index (χ1n) is 9.35. The first kappa shape index (κ1) is 18.8. The van der Waals surface area contributed by atoms with Crippen LogP contribution in [0.3, 0.4) is 0 Å². The van der Waals surface area contributed by atoms with Crippen LogP contribution in [0.4, 0.5) is 5.82 Å². The molecule has 24 heavy (non-hydrogen) atoms. The summed E-state index contributed by atoms with van der Waals surface area (Å²) in [6, 6.07) is 2.11. The highest BCUT2D eigenvalue weighted by Gasteiger charge is 2.29. The number of nitrogens with zero attached hydrogens (tertiary/aromatic N) is 2. The summed E-state index contributed by atoms with van der Waals surface area (Å²) in [5, 5.41) is 0. The first-order chi connectivity index (χ1) is 11.4. The van der Waals surface area contributed by atoms with Crippen molar-refractivity contribution in [1.29, 1.82) is 0 Å². The smallest absolute Gasteiger partial charge is 0.342 e. The molecule has 0 N–H and O–H groups in total. The van der Waals surface area contributed by atoms with Crippen LogP contribution in [0.25, 0.3) is 0 Å². The summed E-state index contributed by atoms with van der Waals surface area (Å²) in [5.41, 5.74) is 2.82. The number of aromatic nitrogens is 1. The van der Waals surface area contributed by atoms with E-state index < -0.39 is 0 Å². The summed E-state index contributed by atoms with van der Waals surface area (Å²) in [6.07, 6.45) is 5.27. The van der Waals surface area contributed by atoms with Gasteiger partial charge in [-0.15, -0.1) is 0 Å². The second kappa shape index (κ2) is 8.00. The van der Waals surface area contributed by atoms with Crippen molar-refractivity contribution in [3.05, 3.63) is 22.9 Å². The number of esters is 1. The van der Waals surface area contributed by atoms with Crippen molar-refractivity contribution >= 4 is 11.8 Å². The average molecular weight is 332 g/mol. The number of unbranched alkanes of at least 4 members (excludes halogenated alkanes) is 2. The standard InChI is InChI=1S/C20H32N2O2/c1-6-8-11-22(12-9-7-2)18-17-15(10-13-24-19(17)23)14-16(21-18)20(3,4)5/h14H,6-13H2,1-5H3. The lowest BCUT2D eigenvalue weighted by atomic mass is 9.89. The van der Waals surface area contributed by atoms with Gasteiger partial charge in [0.05, 0.1) is 6.61 Å². The topological polar surface area (TPSA) is 42.4 Å². The van der Waals surface area contributed by atoms with E-state index >= 15 is 0 Å². The molecule has 0 aliphatic carbocycles. The lowest BCUT2D eigenvalue weighted by Crippen LogP contribution is -2.32. The molecule has 0 spiro atoms. The minimum atomic E-state index is -0.211. The molecular formula is C20H32N2O2. The van der Waals surface area contributed by atoms with E-state index in [1.54, 1.807) is 0 Å². The Kier molecular flexibility index (Phi) is 6.25. The average Bonchev–Trinajstić information content (AvgIpc) is 2.53. The van der Waals surface area contributed by atoms with Gasteiger partial charge in [-0.05, 0) is 24.5 Å². The fraction of sp³-hybridized carbons (Fsp3) is 0.700. The van der Waals surface area contributed by atoms with E-state index in [0.717, 1.165) is 62.3 Å². The molecule has 1 aliphatic heterocycles. The third-order valence-corrected chi connectivity index (χ3v) is 4.52. The highest BCUT2D eigenvalue weighted by molar-refractivity contribution is 5.97. The zero-order chi connectivity index (χ0) is 17.7. The first-order valence-corrected chi connectivity index (χ1v) is 9.35. The molecule has 0 saturated heterocycles. The largest absolute Gasteiger partial charge is 0.462 e. The third kappa shape index (κ3) is 4.28. The molecule has 2 heterocycles. The quantitative estimate of drug-likeness (QED) is 0.690. The van der Waals surface area contributed by atoms with Crippen molar-refractivity contribution in [3.8, 4) is 0 Å². The molecule has 1 aliphatic rings. The maximum Gasteiger partial charge on any atom is 0.342 e. The summed E-state index contributed by atoms with van der Waals surface area (Å²) in [4.78, 5) is 19.7. The van der Waals surface area contributed by atoms with Gasteiger partial charge < -0.3 is 9.64 Å². The van der Waals surface area contributed by atoms with Crippen molar-refractivity contribution in [1.82, 2.24) is 4.98 Å². The molecule has 4 nitrogen and oxygen atoms in total. The Bertz CT molecular complexity index is 568. The summed E-state index contributed by atoms with van der Waals surface area (Å²) in [6.45, 7) is 13.3. The maximum atomic E-state index is 12.4. The van der Waals surface area contributed by atoms with Gasteiger partial charge in [-0.3, -0.25) is 0 Å². The molecule has 0 unspecified atom stereocenters. The van der Waals surface area contributed by atoms with Gasteiger partial charge in [-0.2, -0.15) is 0 Å². The highest BCUT2D eigenvalue weighted by Crippen LogP contribution is 2.32. The van der Waals surface area contributed by atoms with E-state index in [2.05, 4.69) is 45.6 Å². The molecule has 134 valence electrons. The minimum absolute atomic E-state index is 0.0354. The lowest BCUT2D eigenvalue weighted by Gasteiger charge is -2.30. The molecule has 0 fully saturated rings. The van der Waals surface area contributed by atoms with Crippen molar-refractivity contribution in [2.24, 2.45) is 0 Å². The van der Waals surface area contributed by atoms with Gasteiger partial charge in [0.1, 0.15) is 11.4 Å². The maximum absolute atomic E-state index is 12.4. The number of carbonyl (C=O) groups is 1. The van der Waals surface area contributed by atoms with Gasteiger partial charge in [-0.25, -0.2) is 9.78 Å². The predicted octanol–water partition coefficient (Wildman–Crippen LogP) is 4.50. The fourth-order valence-corrected chi connectivity index (χ4v) is 2.96. The van der Waals surface area contributed by atoms with E-state index in [4.69, 9.17) is 9.72 Å². The monoisotopic (exact) mass is 332 g/mol. The summed E-state index contributed by atoms with van der Waals surface area (Å²) in [7, 11) is 0. The number of fused-ring (bicyclic) bond motifs is 1. The van der Waals surface area contributed by atoms with Gasteiger partial charge in [0.2, 0.25) is 0 Å². The Balaban J connectivity index is 2.52. The van der Waals surface area contributed by atoms with Crippen LogP contribution < -0.4 is 4.90 Å². The van der Waals surface area contributed by atoms with E-state index in [-0.39, 0.29) is 11.4 Å². The summed E-state index contributed by atoms with van der Waals surface area (Å²) >= 11 is 0. The van der Waals surface area contributed by atoms with Crippen molar-refractivity contribution in [2.45, 2.75) is 72.1 Å². The predicted molar refractivity (Wildman–Crippen MR) is 99.0 cm³/mol. The molecule has 2 rings (SSSR count). The zero-order valence-electron chi connectivity index (χ0n) is 15.9. The van der Waals surface area contributed by atoms with Crippen LogP contribution >= 0.6 is 0 Å². The van der Waals surface area contributed by atoms with E-state index in [1.165, 1.54) is 0 Å². The van der Waals surface area contributed by atoms with E-state index in [9.17, 15) is 4.79 Å². The molecule has 0 amide bonds. The van der Waals surface area contributed by atoms with Crippen LogP contribution in [0.2, 0.25) is 0 Å². The molecule has 1 aromatic rings. The molecule has 1 aromatic heterocycles. The minimum Gasteiger partial charge on any atom is -0.462 e. The van der Waals surface area contributed by atoms with Gasteiger partial charge in [0.15, 0.2) is 0 Å². The Hall–Kier alpha value is -1.58. The van der Waals surface area contributed by atoms with Crippen LogP contribution in [0.15, 0.2) is 6.07 Å². The number of ether oxygens (including phenoxy) is 1. The van der Waals surface area contributed by atoms with Crippen LogP contribution in [-0.4, -0.2) is 30.6 Å².